The normalized spacial score (nSPS) is 13.3. The smallest absolute Gasteiger partial charge is 0.123 e. The second-order valence-corrected chi connectivity index (χ2v) is 3.60. The molecule has 1 atom stereocenters. The molecule has 0 aliphatic heterocycles. The summed E-state index contributed by atoms with van der Waals surface area (Å²) in [6, 6.07) is 7.33. The summed E-state index contributed by atoms with van der Waals surface area (Å²) in [5, 5.41) is 3.32. The Morgan fingerprint density at radius 2 is 1.92 bits per heavy atom. The van der Waals surface area contributed by atoms with Crippen LogP contribution < -0.4 is 5.32 Å². The molecule has 0 saturated heterocycles. The molecule has 2 heteroatoms. The third kappa shape index (κ3) is 3.15. The van der Waals surface area contributed by atoms with Gasteiger partial charge in [-0.25, -0.2) is 4.39 Å². The molecule has 0 amide bonds. The van der Waals surface area contributed by atoms with E-state index in [1.165, 1.54) is 6.07 Å². The fourth-order valence-corrected chi connectivity index (χ4v) is 1.37. The quantitative estimate of drug-likeness (QED) is 0.756. The van der Waals surface area contributed by atoms with Crippen LogP contribution in [0.5, 0.6) is 0 Å². The molecular weight excluding hydrogens is 165 g/mol. The zero-order valence-electron chi connectivity index (χ0n) is 8.34. The third-order valence-corrected chi connectivity index (χ3v) is 1.93. The Morgan fingerprint density at radius 1 is 1.23 bits per heavy atom. The Hall–Kier alpha value is -0.890. The van der Waals surface area contributed by atoms with Gasteiger partial charge < -0.3 is 5.32 Å². The van der Waals surface area contributed by atoms with Crippen molar-refractivity contribution < 1.29 is 4.39 Å². The van der Waals surface area contributed by atoms with E-state index in [0.717, 1.165) is 5.56 Å². The molecule has 0 aliphatic carbocycles. The number of hydrogen-bond donors (Lipinski definition) is 1. The number of halogens is 1. The summed E-state index contributed by atoms with van der Waals surface area (Å²) >= 11 is 0. The summed E-state index contributed by atoms with van der Waals surface area (Å²) in [4.78, 5) is 0. The Bertz CT molecular complexity index is 271. The lowest BCUT2D eigenvalue weighted by atomic mass is 10.1. The molecule has 1 aromatic rings. The average Bonchev–Trinajstić information content (AvgIpc) is 2.03. The fourth-order valence-electron chi connectivity index (χ4n) is 1.37. The molecule has 0 spiro atoms. The van der Waals surface area contributed by atoms with Gasteiger partial charge in [0.25, 0.3) is 0 Å². The van der Waals surface area contributed by atoms with Crippen LogP contribution in [0.3, 0.4) is 0 Å². The molecule has 0 aliphatic rings. The first kappa shape index (κ1) is 10.2. The summed E-state index contributed by atoms with van der Waals surface area (Å²) < 4.78 is 12.8. The highest BCUT2D eigenvalue weighted by Crippen LogP contribution is 2.13. The number of benzene rings is 1. The molecule has 0 fully saturated rings. The Balaban J connectivity index is 2.71. The van der Waals surface area contributed by atoms with Crippen molar-refractivity contribution >= 4 is 0 Å². The summed E-state index contributed by atoms with van der Waals surface area (Å²) in [5.41, 5.74) is 0.994. The first-order valence-corrected chi connectivity index (χ1v) is 4.61. The van der Waals surface area contributed by atoms with E-state index in [1.807, 2.05) is 13.0 Å². The molecule has 1 aromatic carbocycles. The van der Waals surface area contributed by atoms with Crippen LogP contribution in [0.15, 0.2) is 24.3 Å². The lowest BCUT2D eigenvalue weighted by molar-refractivity contribution is 0.503. The molecule has 1 unspecified atom stereocenters. The third-order valence-electron chi connectivity index (χ3n) is 1.93. The molecule has 0 saturated carbocycles. The lowest BCUT2D eigenvalue weighted by Gasteiger charge is -2.16. The Labute approximate surface area is 79.0 Å². The van der Waals surface area contributed by atoms with Crippen LogP contribution in [0, 0.1) is 5.82 Å². The van der Waals surface area contributed by atoms with E-state index in [1.54, 1.807) is 12.1 Å². The molecule has 72 valence electrons. The summed E-state index contributed by atoms with van der Waals surface area (Å²) in [7, 11) is 0. The first-order chi connectivity index (χ1) is 6.09. The van der Waals surface area contributed by atoms with Crippen molar-refractivity contribution in [2.45, 2.75) is 32.9 Å². The summed E-state index contributed by atoms with van der Waals surface area (Å²) in [6.45, 7) is 6.19. The zero-order valence-corrected chi connectivity index (χ0v) is 8.34. The molecule has 13 heavy (non-hydrogen) atoms. The molecule has 0 radical (unpaired) electrons. The van der Waals surface area contributed by atoms with Gasteiger partial charge in [-0.2, -0.15) is 0 Å². The van der Waals surface area contributed by atoms with Crippen molar-refractivity contribution in [3.8, 4) is 0 Å². The van der Waals surface area contributed by atoms with Crippen molar-refractivity contribution in [2.75, 3.05) is 0 Å². The summed E-state index contributed by atoms with van der Waals surface area (Å²) in [6.07, 6.45) is 0. The van der Waals surface area contributed by atoms with E-state index in [9.17, 15) is 4.39 Å². The van der Waals surface area contributed by atoms with Gasteiger partial charge in [-0.15, -0.1) is 0 Å². The van der Waals surface area contributed by atoms with E-state index >= 15 is 0 Å². The van der Waals surface area contributed by atoms with Gasteiger partial charge >= 0.3 is 0 Å². The highest BCUT2D eigenvalue weighted by atomic mass is 19.1. The maximum absolute atomic E-state index is 12.8. The standard InChI is InChI=1S/C11H16FN/c1-8(2)13-9(3)10-5-4-6-11(12)7-10/h4-9,13H,1-3H3. The predicted octanol–water partition coefficient (Wildman–Crippen LogP) is 2.88. The van der Waals surface area contributed by atoms with Gasteiger partial charge in [-0.1, -0.05) is 26.0 Å². The number of hydrogen-bond acceptors (Lipinski definition) is 1. The summed E-state index contributed by atoms with van der Waals surface area (Å²) in [5.74, 6) is -0.171. The van der Waals surface area contributed by atoms with Gasteiger partial charge in [0, 0.05) is 12.1 Å². The van der Waals surface area contributed by atoms with Gasteiger partial charge in [-0.3, -0.25) is 0 Å². The van der Waals surface area contributed by atoms with Crippen molar-refractivity contribution in [1.82, 2.24) is 5.32 Å². The number of nitrogens with one attached hydrogen (secondary N) is 1. The molecule has 0 heterocycles. The van der Waals surface area contributed by atoms with Crippen LogP contribution in [-0.2, 0) is 0 Å². The minimum absolute atomic E-state index is 0.171. The van der Waals surface area contributed by atoms with E-state index in [0.29, 0.717) is 6.04 Å². The van der Waals surface area contributed by atoms with Crippen molar-refractivity contribution in [2.24, 2.45) is 0 Å². The highest BCUT2D eigenvalue weighted by Gasteiger charge is 2.06. The molecule has 1 N–H and O–H groups in total. The van der Waals surface area contributed by atoms with Crippen LogP contribution in [0.4, 0.5) is 4.39 Å². The van der Waals surface area contributed by atoms with Crippen LogP contribution >= 0.6 is 0 Å². The van der Waals surface area contributed by atoms with Gasteiger partial charge in [0.05, 0.1) is 0 Å². The van der Waals surface area contributed by atoms with E-state index in [2.05, 4.69) is 19.2 Å². The molecule has 0 aromatic heterocycles. The highest BCUT2D eigenvalue weighted by molar-refractivity contribution is 5.19. The SMILES string of the molecule is CC(C)NC(C)c1cccc(F)c1. The van der Waals surface area contributed by atoms with Crippen molar-refractivity contribution in [3.63, 3.8) is 0 Å². The van der Waals surface area contributed by atoms with Crippen molar-refractivity contribution in [1.29, 1.82) is 0 Å². The second-order valence-electron chi connectivity index (χ2n) is 3.60. The molecule has 1 rings (SSSR count). The minimum atomic E-state index is -0.171. The van der Waals surface area contributed by atoms with Crippen LogP contribution in [-0.4, -0.2) is 6.04 Å². The van der Waals surface area contributed by atoms with Crippen molar-refractivity contribution in [3.05, 3.63) is 35.6 Å². The van der Waals surface area contributed by atoms with Crippen LogP contribution in [0.2, 0.25) is 0 Å². The molecule has 1 nitrogen and oxygen atoms in total. The Morgan fingerprint density at radius 3 is 2.46 bits per heavy atom. The molecular formula is C11H16FN. The lowest BCUT2D eigenvalue weighted by Crippen LogP contribution is -2.26. The van der Waals surface area contributed by atoms with Crippen LogP contribution in [0.25, 0.3) is 0 Å². The zero-order chi connectivity index (χ0) is 9.84. The van der Waals surface area contributed by atoms with E-state index < -0.39 is 0 Å². The molecule has 0 bridgehead atoms. The van der Waals surface area contributed by atoms with E-state index in [4.69, 9.17) is 0 Å². The maximum atomic E-state index is 12.8. The monoisotopic (exact) mass is 181 g/mol. The predicted molar refractivity (Wildman–Crippen MR) is 53.1 cm³/mol. The topological polar surface area (TPSA) is 12.0 Å². The Kier molecular flexibility index (Phi) is 3.43. The van der Waals surface area contributed by atoms with E-state index in [-0.39, 0.29) is 11.9 Å². The van der Waals surface area contributed by atoms with Gasteiger partial charge in [0.2, 0.25) is 0 Å². The van der Waals surface area contributed by atoms with Gasteiger partial charge in [-0.05, 0) is 24.6 Å². The van der Waals surface area contributed by atoms with Gasteiger partial charge in [0.15, 0.2) is 0 Å². The average molecular weight is 181 g/mol. The maximum Gasteiger partial charge on any atom is 0.123 e. The van der Waals surface area contributed by atoms with Gasteiger partial charge in [0.1, 0.15) is 5.82 Å². The first-order valence-electron chi connectivity index (χ1n) is 4.61. The second kappa shape index (κ2) is 4.38. The largest absolute Gasteiger partial charge is 0.308 e. The van der Waals surface area contributed by atoms with Crippen LogP contribution in [0.1, 0.15) is 32.4 Å². The minimum Gasteiger partial charge on any atom is -0.308 e. The fraction of sp³-hybridized carbons (Fsp3) is 0.455. The number of rotatable bonds is 3.